The molecular formula is C21H24ClFN4O2. The van der Waals surface area contributed by atoms with Crippen molar-refractivity contribution in [3.63, 3.8) is 0 Å². The van der Waals surface area contributed by atoms with Gasteiger partial charge in [-0.15, -0.1) is 12.4 Å². The predicted molar refractivity (Wildman–Crippen MR) is 111 cm³/mol. The maximum Gasteiger partial charge on any atom is 0.241 e. The molecule has 1 N–H and O–H groups in total. The van der Waals surface area contributed by atoms with E-state index >= 15 is 0 Å². The lowest BCUT2D eigenvalue weighted by molar-refractivity contribution is 0.135. The molecule has 0 radical (unpaired) electrons. The summed E-state index contributed by atoms with van der Waals surface area (Å²) in [6.45, 7) is 5.54. The van der Waals surface area contributed by atoms with Crippen molar-refractivity contribution in [2.45, 2.75) is 19.5 Å². The number of ether oxygens (including phenoxy) is 1. The van der Waals surface area contributed by atoms with Crippen LogP contribution in [0, 0.1) is 5.82 Å². The minimum absolute atomic E-state index is 0. The van der Waals surface area contributed by atoms with Crippen LogP contribution in [-0.4, -0.2) is 41.3 Å². The monoisotopic (exact) mass is 418 g/mol. The van der Waals surface area contributed by atoms with Gasteiger partial charge in [0.05, 0.1) is 13.2 Å². The number of hydrogen-bond donors (Lipinski definition) is 1. The van der Waals surface area contributed by atoms with Crippen LogP contribution >= 0.6 is 12.4 Å². The fraction of sp³-hybridized carbons (Fsp3) is 0.333. The molecule has 1 saturated heterocycles. The van der Waals surface area contributed by atoms with Crippen molar-refractivity contribution in [1.29, 1.82) is 0 Å². The van der Waals surface area contributed by atoms with E-state index in [1.807, 2.05) is 37.3 Å². The molecule has 0 spiro atoms. The Morgan fingerprint density at radius 1 is 1.24 bits per heavy atom. The van der Waals surface area contributed by atoms with Gasteiger partial charge in [0.15, 0.2) is 0 Å². The third-order valence-corrected chi connectivity index (χ3v) is 4.82. The third-order valence-electron chi connectivity index (χ3n) is 4.82. The molecule has 0 amide bonds. The smallest absolute Gasteiger partial charge is 0.241 e. The highest BCUT2D eigenvalue weighted by Gasteiger charge is 2.26. The largest absolute Gasteiger partial charge is 0.494 e. The summed E-state index contributed by atoms with van der Waals surface area (Å²) in [5.74, 6) is 1.69. The first-order valence-corrected chi connectivity index (χ1v) is 9.49. The summed E-state index contributed by atoms with van der Waals surface area (Å²) >= 11 is 0. The second-order valence-electron chi connectivity index (χ2n) is 6.71. The van der Waals surface area contributed by atoms with Gasteiger partial charge in [0, 0.05) is 31.2 Å². The molecule has 1 fully saturated rings. The highest BCUT2D eigenvalue weighted by molar-refractivity contribution is 5.85. The summed E-state index contributed by atoms with van der Waals surface area (Å²) in [4.78, 5) is 6.78. The Morgan fingerprint density at radius 3 is 2.83 bits per heavy atom. The lowest BCUT2D eigenvalue weighted by Gasteiger charge is -2.35. The minimum atomic E-state index is -0.224. The van der Waals surface area contributed by atoms with Crippen LogP contribution in [-0.2, 0) is 6.54 Å². The zero-order valence-electron chi connectivity index (χ0n) is 16.2. The van der Waals surface area contributed by atoms with E-state index in [4.69, 9.17) is 9.26 Å². The molecule has 1 aliphatic rings. The van der Waals surface area contributed by atoms with E-state index in [0.717, 1.165) is 36.5 Å². The van der Waals surface area contributed by atoms with Crippen molar-refractivity contribution in [3.05, 3.63) is 65.8 Å². The molecule has 6 nitrogen and oxygen atoms in total. The van der Waals surface area contributed by atoms with E-state index in [0.29, 0.717) is 24.9 Å². The van der Waals surface area contributed by atoms with Gasteiger partial charge < -0.3 is 14.6 Å². The molecular weight excluding hydrogens is 395 g/mol. The van der Waals surface area contributed by atoms with E-state index in [2.05, 4.69) is 20.4 Å². The van der Waals surface area contributed by atoms with Gasteiger partial charge in [-0.25, -0.2) is 4.39 Å². The number of rotatable bonds is 6. The Hall–Kier alpha value is -2.48. The quantitative estimate of drug-likeness (QED) is 0.656. The maximum atomic E-state index is 13.7. The number of aromatic nitrogens is 2. The Labute approximate surface area is 175 Å². The lowest BCUT2D eigenvalue weighted by Crippen LogP contribution is -2.45. The van der Waals surface area contributed by atoms with Gasteiger partial charge >= 0.3 is 0 Å². The van der Waals surface area contributed by atoms with Crippen molar-refractivity contribution in [1.82, 2.24) is 20.4 Å². The van der Waals surface area contributed by atoms with Gasteiger partial charge in [-0.05, 0) is 48.9 Å². The zero-order valence-corrected chi connectivity index (χ0v) is 17.0. The van der Waals surface area contributed by atoms with Crippen molar-refractivity contribution in [2.24, 2.45) is 0 Å². The molecule has 1 aliphatic heterocycles. The molecule has 2 aromatic carbocycles. The van der Waals surface area contributed by atoms with Crippen LogP contribution in [0.25, 0.3) is 11.4 Å². The molecule has 0 saturated carbocycles. The van der Waals surface area contributed by atoms with E-state index in [-0.39, 0.29) is 24.3 Å². The van der Waals surface area contributed by atoms with Gasteiger partial charge in [-0.3, -0.25) is 4.90 Å². The van der Waals surface area contributed by atoms with Crippen molar-refractivity contribution in [2.75, 3.05) is 26.2 Å². The van der Waals surface area contributed by atoms with Gasteiger partial charge in [0.1, 0.15) is 11.6 Å². The molecule has 0 aliphatic carbocycles. The number of hydrogen-bond acceptors (Lipinski definition) is 6. The Bertz CT molecular complexity index is 919. The third kappa shape index (κ3) is 5.12. The van der Waals surface area contributed by atoms with Gasteiger partial charge in [0.25, 0.3) is 0 Å². The Kier molecular flexibility index (Phi) is 7.19. The van der Waals surface area contributed by atoms with Crippen LogP contribution in [0.15, 0.2) is 53.1 Å². The molecule has 1 atom stereocenters. The summed E-state index contributed by atoms with van der Waals surface area (Å²) in [5, 5.41) is 7.48. The molecule has 2 heterocycles. The Morgan fingerprint density at radius 2 is 2.07 bits per heavy atom. The summed E-state index contributed by atoms with van der Waals surface area (Å²) in [6.07, 6.45) is 0. The number of nitrogens with zero attached hydrogens (tertiary/aromatic N) is 3. The van der Waals surface area contributed by atoms with Gasteiger partial charge in [-0.1, -0.05) is 17.3 Å². The average Bonchev–Trinajstić information content (AvgIpc) is 3.18. The summed E-state index contributed by atoms with van der Waals surface area (Å²) in [7, 11) is 0. The minimum Gasteiger partial charge on any atom is -0.494 e. The SMILES string of the molecule is CCOc1ccc(-c2noc(CN3CCNCC3c3cccc(F)c3)n2)cc1.Cl. The standard InChI is InChI=1S/C21H23FN4O2.ClH/c1-2-27-18-8-6-15(7-9-18)21-24-20(28-25-21)14-26-11-10-23-13-19(26)16-4-3-5-17(22)12-16;/h3-9,12,19,23H,2,10-11,13-14H2,1H3;1H. The van der Waals surface area contributed by atoms with Crippen LogP contribution in [0.1, 0.15) is 24.4 Å². The van der Waals surface area contributed by atoms with Crippen LogP contribution < -0.4 is 10.1 Å². The molecule has 29 heavy (non-hydrogen) atoms. The number of benzene rings is 2. The van der Waals surface area contributed by atoms with Crippen LogP contribution in [0.2, 0.25) is 0 Å². The van der Waals surface area contributed by atoms with Crippen LogP contribution in [0.5, 0.6) is 5.75 Å². The van der Waals surface area contributed by atoms with Gasteiger partial charge in [-0.2, -0.15) is 4.98 Å². The fourth-order valence-corrected chi connectivity index (χ4v) is 3.46. The topological polar surface area (TPSA) is 63.4 Å². The number of piperazine rings is 1. The second kappa shape index (κ2) is 9.82. The second-order valence-corrected chi connectivity index (χ2v) is 6.71. The molecule has 8 heteroatoms. The molecule has 0 bridgehead atoms. The Balaban J connectivity index is 0.00000240. The fourth-order valence-electron chi connectivity index (χ4n) is 3.46. The molecule has 3 aromatic rings. The number of nitrogens with one attached hydrogen (secondary N) is 1. The summed E-state index contributed by atoms with van der Waals surface area (Å²) < 4.78 is 24.6. The summed E-state index contributed by atoms with van der Waals surface area (Å²) in [5.41, 5.74) is 1.82. The van der Waals surface area contributed by atoms with Crippen molar-refractivity contribution >= 4 is 12.4 Å². The highest BCUT2D eigenvalue weighted by Crippen LogP contribution is 2.25. The highest BCUT2D eigenvalue weighted by atomic mass is 35.5. The van der Waals surface area contributed by atoms with E-state index < -0.39 is 0 Å². The van der Waals surface area contributed by atoms with E-state index in [1.54, 1.807) is 12.1 Å². The van der Waals surface area contributed by atoms with Gasteiger partial charge in [0.2, 0.25) is 11.7 Å². The van der Waals surface area contributed by atoms with Crippen LogP contribution in [0.3, 0.4) is 0 Å². The summed E-state index contributed by atoms with van der Waals surface area (Å²) in [6, 6.07) is 14.4. The lowest BCUT2D eigenvalue weighted by atomic mass is 10.0. The number of halogens is 2. The first-order chi connectivity index (χ1) is 13.7. The van der Waals surface area contributed by atoms with Crippen molar-refractivity contribution in [3.8, 4) is 17.1 Å². The molecule has 1 unspecified atom stereocenters. The first-order valence-electron chi connectivity index (χ1n) is 9.49. The molecule has 4 rings (SSSR count). The predicted octanol–water partition coefficient (Wildman–Crippen LogP) is 3.84. The normalized spacial score (nSPS) is 17.0. The van der Waals surface area contributed by atoms with E-state index in [9.17, 15) is 4.39 Å². The maximum absolute atomic E-state index is 13.7. The van der Waals surface area contributed by atoms with Crippen molar-refractivity contribution < 1.29 is 13.7 Å². The first kappa shape index (κ1) is 21.2. The average molecular weight is 419 g/mol. The van der Waals surface area contributed by atoms with Crippen LogP contribution in [0.4, 0.5) is 4.39 Å². The van der Waals surface area contributed by atoms with E-state index in [1.165, 1.54) is 6.07 Å². The molecule has 1 aromatic heterocycles. The zero-order chi connectivity index (χ0) is 19.3. The molecule has 154 valence electrons.